The van der Waals surface area contributed by atoms with Crippen molar-refractivity contribution in [3.63, 3.8) is 0 Å². The van der Waals surface area contributed by atoms with Gasteiger partial charge in [-0.2, -0.15) is 0 Å². The minimum atomic E-state index is -0.136. The third kappa shape index (κ3) is 3.53. The van der Waals surface area contributed by atoms with Crippen LogP contribution >= 0.6 is 0 Å². The van der Waals surface area contributed by atoms with E-state index in [0.29, 0.717) is 6.04 Å². The standard InChI is InChI=1S/C15H22FNO/c1-2-18-11-10-17-9-4-3-8-15(17)13-6-5-7-14(16)12-13/h5-7,12,15H,2-4,8-11H2,1H3/t15-/m0/s1. The lowest BCUT2D eigenvalue weighted by atomic mass is 9.95. The molecule has 0 spiro atoms. The lowest BCUT2D eigenvalue weighted by Crippen LogP contribution is -2.36. The van der Waals surface area contributed by atoms with Gasteiger partial charge >= 0.3 is 0 Å². The summed E-state index contributed by atoms with van der Waals surface area (Å²) in [7, 11) is 0. The highest BCUT2D eigenvalue weighted by atomic mass is 19.1. The van der Waals surface area contributed by atoms with Crippen LogP contribution in [0.25, 0.3) is 0 Å². The Kier molecular flexibility index (Phi) is 5.14. The quantitative estimate of drug-likeness (QED) is 0.744. The van der Waals surface area contributed by atoms with Gasteiger partial charge in [0.15, 0.2) is 0 Å². The van der Waals surface area contributed by atoms with Gasteiger partial charge in [-0.25, -0.2) is 4.39 Å². The molecule has 0 N–H and O–H groups in total. The molecule has 1 aliphatic heterocycles. The topological polar surface area (TPSA) is 12.5 Å². The fraction of sp³-hybridized carbons (Fsp3) is 0.600. The van der Waals surface area contributed by atoms with Gasteiger partial charge in [-0.05, 0) is 44.0 Å². The molecule has 1 atom stereocenters. The Hall–Kier alpha value is -0.930. The van der Waals surface area contributed by atoms with Crippen molar-refractivity contribution in [1.82, 2.24) is 4.90 Å². The van der Waals surface area contributed by atoms with Crippen molar-refractivity contribution in [3.8, 4) is 0 Å². The summed E-state index contributed by atoms with van der Waals surface area (Å²) in [5.74, 6) is -0.136. The van der Waals surface area contributed by atoms with Crippen LogP contribution < -0.4 is 0 Å². The summed E-state index contributed by atoms with van der Waals surface area (Å²) in [6.45, 7) is 5.57. The number of hydrogen-bond acceptors (Lipinski definition) is 2. The average Bonchev–Trinajstić information content (AvgIpc) is 2.40. The van der Waals surface area contributed by atoms with Crippen LogP contribution in [0.3, 0.4) is 0 Å². The van der Waals surface area contributed by atoms with Crippen molar-refractivity contribution in [3.05, 3.63) is 35.6 Å². The first-order valence-corrected chi connectivity index (χ1v) is 6.88. The Morgan fingerprint density at radius 1 is 1.39 bits per heavy atom. The smallest absolute Gasteiger partial charge is 0.123 e. The highest BCUT2D eigenvalue weighted by Gasteiger charge is 2.23. The molecule has 1 saturated heterocycles. The van der Waals surface area contributed by atoms with Crippen LogP contribution in [0.15, 0.2) is 24.3 Å². The monoisotopic (exact) mass is 251 g/mol. The first-order chi connectivity index (χ1) is 8.81. The molecule has 0 radical (unpaired) electrons. The summed E-state index contributed by atoms with van der Waals surface area (Å²) >= 11 is 0. The Labute approximate surface area is 109 Å². The maximum atomic E-state index is 13.3. The van der Waals surface area contributed by atoms with Gasteiger partial charge in [0.25, 0.3) is 0 Å². The van der Waals surface area contributed by atoms with E-state index in [9.17, 15) is 4.39 Å². The molecule has 0 aliphatic carbocycles. The maximum Gasteiger partial charge on any atom is 0.123 e. The van der Waals surface area contributed by atoms with Gasteiger partial charge in [0, 0.05) is 19.2 Å². The van der Waals surface area contributed by atoms with E-state index < -0.39 is 0 Å². The molecule has 100 valence electrons. The number of ether oxygens (including phenoxy) is 1. The summed E-state index contributed by atoms with van der Waals surface area (Å²) in [5.41, 5.74) is 1.10. The maximum absolute atomic E-state index is 13.3. The van der Waals surface area contributed by atoms with E-state index in [1.165, 1.54) is 18.9 Å². The summed E-state index contributed by atoms with van der Waals surface area (Å²) in [4.78, 5) is 2.42. The predicted molar refractivity (Wildman–Crippen MR) is 71.1 cm³/mol. The second kappa shape index (κ2) is 6.86. The van der Waals surface area contributed by atoms with Gasteiger partial charge in [0.05, 0.1) is 6.61 Å². The van der Waals surface area contributed by atoms with Gasteiger partial charge in [0.1, 0.15) is 5.82 Å². The average molecular weight is 251 g/mol. The van der Waals surface area contributed by atoms with Crippen molar-refractivity contribution >= 4 is 0 Å². The summed E-state index contributed by atoms with van der Waals surface area (Å²) in [5, 5.41) is 0. The van der Waals surface area contributed by atoms with E-state index >= 15 is 0 Å². The van der Waals surface area contributed by atoms with Crippen LogP contribution in [0.5, 0.6) is 0 Å². The molecule has 2 rings (SSSR count). The molecule has 1 aromatic rings. The summed E-state index contributed by atoms with van der Waals surface area (Å²) in [6, 6.07) is 7.38. The van der Waals surface area contributed by atoms with E-state index in [1.807, 2.05) is 13.0 Å². The molecule has 1 aromatic carbocycles. The fourth-order valence-corrected chi connectivity index (χ4v) is 2.68. The second-order valence-electron chi connectivity index (χ2n) is 4.80. The Bertz CT molecular complexity index is 369. The fourth-order valence-electron chi connectivity index (χ4n) is 2.68. The van der Waals surface area contributed by atoms with Gasteiger partial charge < -0.3 is 4.74 Å². The van der Waals surface area contributed by atoms with E-state index in [0.717, 1.165) is 38.3 Å². The molecule has 1 fully saturated rings. The van der Waals surface area contributed by atoms with E-state index in [1.54, 1.807) is 12.1 Å². The Morgan fingerprint density at radius 2 is 2.28 bits per heavy atom. The number of piperidine rings is 1. The molecule has 0 amide bonds. The predicted octanol–water partition coefficient (Wildman–Crippen LogP) is 3.39. The van der Waals surface area contributed by atoms with Gasteiger partial charge in [-0.3, -0.25) is 4.90 Å². The van der Waals surface area contributed by atoms with Crippen LogP contribution in [0.1, 0.15) is 37.8 Å². The molecule has 2 nitrogen and oxygen atoms in total. The minimum Gasteiger partial charge on any atom is -0.380 e. The molecule has 0 aromatic heterocycles. The summed E-state index contributed by atoms with van der Waals surface area (Å²) in [6.07, 6.45) is 3.58. The first kappa shape index (κ1) is 13.5. The van der Waals surface area contributed by atoms with Crippen molar-refractivity contribution < 1.29 is 9.13 Å². The zero-order valence-corrected chi connectivity index (χ0v) is 11.1. The lowest BCUT2D eigenvalue weighted by molar-refractivity contribution is 0.0771. The number of likely N-dealkylation sites (tertiary alicyclic amines) is 1. The molecule has 0 bridgehead atoms. The van der Waals surface area contributed by atoms with Gasteiger partial charge in [-0.15, -0.1) is 0 Å². The zero-order valence-electron chi connectivity index (χ0n) is 11.1. The molecular formula is C15H22FNO. The van der Waals surface area contributed by atoms with E-state index in [4.69, 9.17) is 4.74 Å². The Balaban J connectivity index is 2.03. The number of halogens is 1. The van der Waals surface area contributed by atoms with Crippen LogP contribution in [0.4, 0.5) is 4.39 Å². The van der Waals surface area contributed by atoms with Crippen LogP contribution in [-0.2, 0) is 4.74 Å². The van der Waals surface area contributed by atoms with E-state index in [2.05, 4.69) is 4.90 Å². The van der Waals surface area contributed by atoms with Crippen LogP contribution in [0.2, 0.25) is 0 Å². The molecular weight excluding hydrogens is 229 g/mol. The molecule has 0 unspecified atom stereocenters. The molecule has 0 saturated carbocycles. The zero-order chi connectivity index (χ0) is 12.8. The number of rotatable bonds is 5. The lowest BCUT2D eigenvalue weighted by Gasteiger charge is -2.36. The van der Waals surface area contributed by atoms with Crippen LogP contribution in [-0.4, -0.2) is 31.2 Å². The van der Waals surface area contributed by atoms with Crippen molar-refractivity contribution in [2.45, 2.75) is 32.2 Å². The van der Waals surface area contributed by atoms with Crippen LogP contribution in [0, 0.1) is 5.82 Å². The number of benzene rings is 1. The largest absolute Gasteiger partial charge is 0.380 e. The van der Waals surface area contributed by atoms with Gasteiger partial charge in [-0.1, -0.05) is 18.6 Å². The van der Waals surface area contributed by atoms with Crippen molar-refractivity contribution in [1.29, 1.82) is 0 Å². The highest BCUT2D eigenvalue weighted by molar-refractivity contribution is 5.20. The SMILES string of the molecule is CCOCCN1CCCC[C@H]1c1cccc(F)c1. The minimum absolute atomic E-state index is 0.136. The molecule has 3 heteroatoms. The van der Waals surface area contributed by atoms with E-state index in [-0.39, 0.29) is 5.82 Å². The Morgan fingerprint density at radius 3 is 3.06 bits per heavy atom. The highest BCUT2D eigenvalue weighted by Crippen LogP contribution is 2.30. The van der Waals surface area contributed by atoms with Gasteiger partial charge in [0.2, 0.25) is 0 Å². The number of nitrogens with zero attached hydrogens (tertiary/aromatic N) is 1. The second-order valence-corrected chi connectivity index (χ2v) is 4.80. The molecule has 18 heavy (non-hydrogen) atoms. The third-order valence-electron chi connectivity index (χ3n) is 3.57. The van der Waals surface area contributed by atoms with Crippen molar-refractivity contribution in [2.75, 3.05) is 26.3 Å². The third-order valence-corrected chi connectivity index (χ3v) is 3.57. The number of hydrogen-bond donors (Lipinski definition) is 0. The first-order valence-electron chi connectivity index (χ1n) is 6.88. The van der Waals surface area contributed by atoms with Crippen molar-refractivity contribution in [2.24, 2.45) is 0 Å². The molecule has 1 aliphatic rings. The summed E-state index contributed by atoms with van der Waals surface area (Å²) < 4.78 is 18.7. The molecule has 1 heterocycles. The normalized spacial score (nSPS) is 21.1.